The maximum absolute atomic E-state index is 12.2. The lowest BCUT2D eigenvalue weighted by Gasteiger charge is -2.13. The highest BCUT2D eigenvalue weighted by Crippen LogP contribution is 2.45. The number of aryl methyl sites for hydroxylation is 1. The summed E-state index contributed by atoms with van der Waals surface area (Å²) in [5.41, 5.74) is -2.13. The molecule has 42 heavy (non-hydrogen) atoms. The van der Waals surface area contributed by atoms with Crippen molar-refractivity contribution >= 4 is 74.8 Å². The first kappa shape index (κ1) is 31.2. The summed E-state index contributed by atoms with van der Waals surface area (Å²) in [4.78, 5) is -2.81. The van der Waals surface area contributed by atoms with Gasteiger partial charge in [-0.05, 0) is 30.7 Å². The van der Waals surface area contributed by atoms with Crippen LogP contribution in [0, 0.1) is 6.92 Å². The Morgan fingerprint density at radius 2 is 1.21 bits per heavy atom. The quantitative estimate of drug-likeness (QED) is 0.163. The van der Waals surface area contributed by atoms with Crippen LogP contribution in [0.25, 0.3) is 22.9 Å². The van der Waals surface area contributed by atoms with E-state index in [1.807, 2.05) is 0 Å². The van der Waals surface area contributed by atoms with Gasteiger partial charge in [0.05, 0.1) is 0 Å². The Kier molecular flexibility index (Phi) is 7.57. The number of fused-ring (bicyclic) bond motifs is 2. The minimum Gasteiger partial charge on any atom is -0.506 e. The molecule has 0 heterocycles. The Morgan fingerprint density at radius 3 is 1.74 bits per heavy atom. The summed E-state index contributed by atoms with van der Waals surface area (Å²) in [6, 6.07) is 3.11. The van der Waals surface area contributed by atoms with Gasteiger partial charge in [0, 0.05) is 28.0 Å². The number of benzene rings is 3. The topological polar surface area (TPSA) is 283 Å². The Morgan fingerprint density at radius 1 is 0.667 bits per heavy atom. The summed E-state index contributed by atoms with van der Waals surface area (Å²) in [7, 11) is -20.0. The number of phenols is 2. The highest BCUT2D eigenvalue weighted by Gasteiger charge is 2.28. The van der Waals surface area contributed by atoms with Crippen LogP contribution in [0.4, 0.5) is 11.4 Å². The molecule has 16 nitrogen and oxygen atoms in total. The van der Waals surface area contributed by atoms with Crippen molar-refractivity contribution in [3.8, 4) is 11.5 Å². The SMILES string of the molecule is Cc1cc(S(=O)(=O)O)c2c(O)c(N=Nc3c(O)cc(S(=O)(=O)O)c4c3C=CC(S(=O)(=O)O)C=C4)cc(S(=O)(=O)O)c2c1. The van der Waals surface area contributed by atoms with Crippen molar-refractivity contribution in [1.29, 1.82) is 0 Å². The van der Waals surface area contributed by atoms with Crippen LogP contribution in [0.3, 0.4) is 0 Å². The zero-order valence-electron chi connectivity index (χ0n) is 20.7. The summed E-state index contributed by atoms with van der Waals surface area (Å²) in [6.45, 7) is 1.34. The van der Waals surface area contributed by atoms with Crippen LogP contribution >= 0.6 is 0 Å². The number of nitrogens with zero attached hydrogens (tertiary/aromatic N) is 2. The van der Waals surface area contributed by atoms with Crippen LogP contribution in [-0.4, -0.2) is 67.3 Å². The molecule has 0 aromatic heterocycles. The van der Waals surface area contributed by atoms with Crippen molar-refractivity contribution in [3.05, 3.63) is 53.1 Å². The van der Waals surface area contributed by atoms with Gasteiger partial charge in [-0.15, -0.1) is 10.2 Å². The smallest absolute Gasteiger partial charge is 0.295 e. The maximum Gasteiger partial charge on any atom is 0.295 e. The molecule has 0 aliphatic heterocycles. The van der Waals surface area contributed by atoms with Gasteiger partial charge in [-0.2, -0.15) is 33.7 Å². The lowest BCUT2D eigenvalue weighted by Crippen LogP contribution is -2.14. The van der Waals surface area contributed by atoms with Crippen molar-refractivity contribution in [3.63, 3.8) is 0 Å². The molecular weight excluding hydrogens is 645 g/mol. The summed E-state index contributed by atoms with van der Waals surface area (Å²) in [5, 5.41) is 25.8. The van der Waals surface area contributed by atoms with E-state index in [4.69, 9.17) is 0 Å². The van der Waals surface area contributed by atoms with Gasteiger partial charge in [-0.1, -0.05) is 24.3 Å². The van der Waals surface area contributed by atoms with E-state index in [-0.39, 0.29) is 11.1 Å². The molecule has 0 spiro atoms. The van der Waals surface area contributed by atoms with Gasteiger partial charge in [0.15, 0.2) is 5.75 Å². The van der Waals surface area contributed by atoms with Crippen LogP contribution in [0.15, 0.2) is 61.3 Å². The molecule has 1 aliphatic carbocycles. The van der Waals surface area contributed by atoms with E-state index >= 15 is 0 Å². The molecule has 0 saturated carbocycles. The second-order valence-electron chi connectivity index (χ2n) is 8.82. The van der Waals surface area contributed by atoms with Crippen LogP contribution in [0.1, 0.15) is 16.7 Å². The molecule has 20 heteroatoms. The van der Waals surface area contributed by atoms with Crippen LogP contribution in [0.2, 0.25) is 0 Å². The normalized spacial score (nSPS) is 16.2. The molecule has 0 saturated heterocycles. The largest absolute Gasteiger partial charge is 0.506 e. The number of hydrogen-bond acceptors (Lipinski definition) is 12. The van der Waals surface area contributed by atoms with Crippen LogP contribution < -0.4 is 0 Å². The van der Waals surface area contributed by atoms with Gasteiger partial charge in [-0.3, -0.25) is 18.2 Å². The first-order valence-corrected chi connectivity index (χ1v) is 16.8. The van der Waals surface area contributed by atoms with E-state index in [2.05, 4.69) is 10.2 Å². The second-order valence-corrected chi connectivity index (χ2v) is 14.6. The average Bonchev–Trinajstić information content (AvgIpc) is 3.05. The Bertz CT molecular complexity index is 2220. The molecule has 0 radical (unpaired) electrons. The fraction of sp³-hybridized carbons (Fsp3) is 0.0909. The van der Waals surface area contributed by atoms with Crippen molar-refractivity contribution in [2.45, 2.75) is 26.9 Å². The molecule has 1 unspecified atom stereocenters. The predicted octanol–water partition coefficient (Wildman–Crippen LogP) is 3.01. The first-order chi connectivity index (χ1) is 19.1. The molecule has 3 aromatic rings. The van der Waals surface area contributed by atoms with Crippen LogP contribution in [-0.2, 0) is 40.5 Å². The fourth-order valence-electron chi connectivity index (χ4n) is 4.16. The number of rotatable bonds is 6. The Hall–Kier alpha value is -3.76. The van der Waals surface area contributed by atoms with E-state index in [0.29, 0.717) is 12.1 Å². The Balaban J connectivity index is 2.07. The summed E-state index contributed by atoms with van der Waals surface area (Å²) in [6.07, 6.45) is 3.53. The van der Waals surface area contributed by atoms with Gasteiger partial charge >= 0.3 is 0 Å². The molecule has 224 valence electrons. The zero-order valence-corrected chi connectivity index (χ0v) is 23.9. The fourth-order valence-corrected chi connectivity index (χ4v) is 6.93. The van der Waals surface area contributed by atoms with Gasteiger partial charge < -0.3 is 10.2 Å². The third kappa shape index (κ3) is 5.91. The van der Waals surface area contributed by atoms with E-state index in [9.17, 15) is 62.1 Å². The zero-order chi connectivity index (χ0) is 31.6. The standard InChI is InChI=1S/C22H18N2O14S4/c1-10-6-14-17(40(30,31)32)8-15(22(26)20(14)19(7-10)42(36,37)38)23-24-21-13-5-3-11(39(27,28)29)2-4-12(13)18(9-16(21)25)41(33,34)35/h2-9,11,25-26H,1H3,(H,27,28,29)(H,30,31,32)(H,33,34,35)(H,36,37,38). The molecule has 1 aliphatic rings. The number of aromatic hydroxyl groups is 2. The summed E-state index contributed by atoms with van der Waals surface area (Å²) < 4.78 is 134. The van der Waals surface area contributed by atoms with E-state index < -0.39 is 99.6 Å². The first-order valence-electron chi connectivity index (χ1n) is 11.0. The van der Waals surface area contributed by atoms with Crippen molar-refractivity contribution < 1.29 is 62.1 Å². The lowest BCUT2D eigenvalue weighted by molar-refractivity contribution is 0.466. The summed E-state index contributed by atoms with van der Waals surface area (Å²) >= 11 is 0. The van der Waals surface area contributed by atoms with Gasteiger partial charge in [-0.25, -0.2) is 0 Å². The second kappa shape index (κ2) is 10.2. The maximum atomic E-state index is 12.2. The molecule has 4 rings (SSSR count). The molecule has 3 aromatic carbocycles. The minimum atomic E-state index is -5.13. The minimum absolute atomic E-state index is 0.114. The molecule has 0 amide bonds. The highest BCUT2D eigenvalue weighted by atomic mass is 32.2. The van der Waals surface area contributed by atoms with E-state index in [0.717, 1.165) is 36.4 Å². The van der Waals surface area contributed by atoms with Crippen LogP contribution in [0.5, 0.6) is 11.5 Å². The van der Waals surface area contributed by atoms with Gasteiger partial charge in [0.1, 0.15) is 37.1 Å². The van der Waals surface area contributed by atoms with E-state index in [1.54, 1.807) is 0 Å². The molecule has 6 N–H and O–H groups in total. The molecule has 0 bridgehead atoms. The van der Waals surface area contributed by atoms with Crippen molar-refractivity contribution in [2.75, 3.05) is 0 Å². The number of hydrogen-bond donors (Lipinski definition) is 6. The third-order valence-corrected chi connectivity index (χ3v) is 9.59. The number of azo groups is 1. The Labute approximate surface area is 238 Å². The highest BCUT2D eigenvalue weighted by molar-refractivity contribution is 7.87. The molecule has 0 fully saturated rings. The van der Waals surface area contributed by atoms with Crippen molar-refractivity contribution in [1.82, 2.24) is 0 Å². The van der Waals surface area contributed by atoms with Crippen molar-refractivity contribution in [2.24, 2.45) is 10.2 Å². The predicted molar refractivity (Wildman–Crippen MR) is 145 cm³/mol. The monoisotopic (exact) mass is 662 g/mol. The lowest BCUT2D eigenvalue weighted by atomic mass is 10.0. The summed E-state index contributed by atoms with van der Waals surface area (Å²) in [5.74, 6) is -2.02. The number of phenolic OH excluding ortho intramolecular Hbond substituents is 2. The van der Waals surface area contributed by atoms with Gasteiger partial charge in [0.2, 0.25) is 0 Å². The third-order valence-electron chi connectivity index (χ3n) is 5.92. The molecule has 1 atom stereocenters. The van der Waals surface area contributed by atoms with Gasteiger partial charge in [0.25, 0.3) is 40.5 Å². The molecular formula is C22H18N2O14S4. The average molecular weight is 663 g/mol. The van der Waals surface area contributed by atoms with E-state index in [1.165, 1.54) is 6.92 Å².